The van der Waals surface area contributed by atoms with Crippen molar-refractivity contribution in [2.75, 3.05) is 4.90 Å². The second kappa shape index (κ2) is 15.8. The van der Waals surface area contributed by atoms with E-state index in [1.165, 1.54) is 54.9 Å². The zero-order valence-electron chi connectivity index (χ0n) is 35.0. The van der Waals surface area contributed by atoms with E-state index in [-0.39, 0.29) is 0 Å². The topological polar surface area (TPSA) is 16.4 Å². The number of para-hydroxylation sites is 1. The van der Waals surface area contributed by atoms with Gasteiger partial charge < -0.3 is 9.32 Å². The van der Waals surface area contributed by atoms with Gasteiger partial charge in [-0.25, -0.2) is 0 Å². The molecular weight excluding hydrogens is 775 g/mol. The number of nitrogens with zero attached hydrogens (tertiary/aromatic N) is 1. The zero-order valence-corrected chi connectivity index (χ0v) is 35.0. The molecule has 0 N–H and O–H groups in total. The first-order chi connectivity index (χ1) is 31.7. The van der Waals surface area contributed by atoms with Crippen LogP contribution in [0.25, 0.3) is 99.1 Å². The van der Waals surface area contributed by atoms with Gasteiger partial charge >= 0.3 is 0 Å². The number of benzene rings is 11. The lowest BCUT2D eigenvalue weighted by Crippen LogP contribution is -2.09. The third-order valence-corrected chi connectivity index (χ3v) is 12.7. The van der Waals surface area contributed by atoms with E-state index in [1.807, 2.05) is 6.07 Å². The van der Waals surface area contributed by atoms with Gasteiger partial charge in [-0.1, -0.05) is 182 Å². The molecule has 1 aromatic heterocycles. The van der Waals surface area contributed by atoms with Gasteiger partial charge in [0.25, 0.3) is 0 Å². The van der Waals surface area contributed by atoms with Crippen molar-refractivity contribution in [3.05, 3.63) is 249 Å². The summed E-state index contributed by atoms with van der Waals surface area (Å²) in [6.07, 6.45) is 0. The van der Waals surface area contributed by atoms with Crippen LogP contribution < -0.4 is 4.90 Å². The number of hydrogen-bond donors (Lipinski definition) is 0. The van der Waals surface area contributed by atoms with Gasteiger partial charge in [0.2, 0.25) is 0 Å². The van der Waals surface area contributed by atoms with Crippen molar-refractivity contribution in [2.45, 2.75) is 0 Å². The Morgan fingerprint density at radius 3 is 1.27 bits per heavy atom. The molecule has 0 bridgehead atoms. The SMILES string of the molecule is c1ccc(-c2cc3ccccc3cc2-c2ccc(N(c3ccc(-c4ccc5ccccc5c4)cc3)c3ccc(-c4ccc5oc6c(-c7ccccc7)cccc6c5c4)cc3)cc2)cc1. The van der Waals surface area contributed by atoms with E-state index < -0.39 is 0 Å². The van der Waals surface area contributed by atoms with Crippen LogP contribution in [0.5, 0.6) is 0 Å². The highest BCUT2D eigenvalue weighted by atomic mass is 16.3. The zero-order chi connectivity index (χ0) is 42.4. The van der Waals surface area contributed by atoms with Gasteiger partial charge in [-0.2, -0.15) is 0 Å². The van der Waals surface area contributed by atoms with Gasteiger partial charge in [-0.3, -0.25) is 0 Å². The smallest absolute Gasteiger partial charge is 0.143 e. The lowest BCUT2D eigenvalue weighted by Gasteiger charge is -2.26. The van der Waals surface area contributed by atoms with Crippen LogP contribution in [0.1, 0.15) is 0 Å². The van der Waals surface area contributed by atoms with Gasteiger partial charge in [0.15, 0.2) is 0 Å². The normalized spacial score (nSPS) is 11.4. The maximum absolute atomic E-state index is 6.51. The molecule has 0 aliphatic carbocycles. The molecule has 12 rings (SSSR count). The molecular formula is C62H41NO. The van der Waals surface area contributed by atoms with E-state index in [2.05, 4.69) is 248 Å². The molecule has 300 valence electrons. The summed E-state index contributed by atoms with van der Waals surface area (Å²) in [5.41, 5.74) is 16.8. The molecule has 0 spiro atoms. The first-order valence-electron chi connectivity index (χ1n) is 21.9. The quantitative estimate of drug-likeness (QED) is 0.152. The summed E-state index contributed by atoms with van der Waals surface area (Å²) in [5.74, 6) is 0. The van der Waals surface area contributed by atoms with Crippen LogP contribution in [0.4, 0.5) is 17.1 Å². The minimum absolute atomic E-state index is 0.889. The molecule has 0 aliphatic rings. The highest BCUT2D eigenvalue weighted by Crippen LogP contribution is 2.42. The van der Waals surface area contributed by atoms with Gasteiger partial charge in [0.1, 0.15) is 11.2 Å². The van der Waals surface area contributed by atoms with E-state index in [9.17, 15) is 0 Å². The van der Waals surface area contributed by atoms with Crippen molar-refractivity contribution >= 4 is 60.5 Å². The summed E-state index contributed by atoms with van der Waals surface area (Å²) in [6, 6.07) is 89.7. The minimum Gasteiger partial charge on any atom is -0.455 e. The molecule has 11 aromatic carbocycles. The molecule has 0 aliphatic heterocycles. The summed E-state index contributed by atoms with van der Waals surface area (Å²) in [7, 11) is 0. The maximum atomic E-state index is 6.51. The molecule has 2 nitrogen and oxygen atoms in total. The van der Waals surface area contributed by atoms with E-state index in [4.69, 9.17) is 4.42 Å². The van der Waals surface area contributed by atoms with Crippen LogP contribution in [0.3, 0.4) is 0 Å². The Labute approximate surface area is 372 Å². The number of fused-ring (bicyclic) bond motifs is 5. The van der Waals surface area contributed by atoms with Crippen molar-refractivity contribution in [1.82, 2.24) is 0 Å². The minimum atomic E-state index is 0.889. The predicted molar refractivity (Wildman–Crippen MR) is 271 cm³/mol. The predicted octanol–water partition coefficient (Wildman–Crippen LogP) is 17.7. The Morgan fingerprint density at radius 2 is 0.688 bits per heavy atom. The number of rotatable bonds is 8. The van der Waals surface area contributed by atoms with Gasteiger partial charge in [-0.05, 0) is 138 Å². The van der Waals surface area contributed by atoms with Crippen molar-refractivity contribution in [2.24, 2.45) is 0 Å². The largest absolute Gasteiger partial charge is 0.455 e. The number of anilines is 3. The van der Waals surface area contributed by atoms with Crippen molar-refractivity contribution < 1.29 is 4.42 Å². The second-order valence-electron chi connectivity index (χ2n) is 16.5. The first-order valence-corrected chi connectivity index (χ1v) is 21.9. The Balaban J connectivity index is 0.930. The molecule has 2 heteroatoms. The van der Waals surface area contributed by atoms with Crippen LogP contribution >= 0.6 is 0 Å². The molecule has 64 heavy (non-hydrogen) atoms. The standard InChI is InChI=1S/C62H41NO/c1-3-13-45(14-4-1)56-20-11-21-57-60-41-52(30-37-61(60)64-62(56)57)44-26-33-54(34-27-44)63(53-31-24-43(25-32-53)51-23-22-42-12-7-8-17-48(42)38-51)55-35-28-47(29-36-55)59-40-50-19-10-9-18-49(50)39-58(59)46-15-5-2-6-16-46/h1-41H. The molecule has 0 saturated carbocycles. The monoisotopic (exact) mass is 815 g/mol. The van der Waals surface area contributed by atoms with Gasteiger partial charge in [0.05, 0.1) is 0 Å². The third kappa shape index (κ3) is 6.79. The van der Waals surface area contributed by atoms with Crippen LogP contribution in [0.2, 0.25) is 0 Å². The van der Waals surface area contributed by atoms with E-state index in [0.717, 1.165) is 61.3 Å². The van der Waals surface area contributed by atoms with Crippen molar-refractivity contribution in [3.63, 3.8) is 0 Å². The molecule has 1 heterocycles. The Hall–Kier alpha value is -8.46. The summed E-state index contributed by atoms with van der Waals surface area (Å²) >= 11 is 0. The molecule has 0 atom stereocenters. The Kier molecular flexibility index (Phi) is 9.20. The molecule has 0 saturated heterocycles. The van der Waals surface area contributed by atoms with E-state index in [1.54, 1.807) is 0 Å². The summed E-state index contributed by atoms with van der Waals surface area (Å²) in [6.45, 7) is 0. The lowest BCUT2D eigenvalue weighted by atomic mass is 9.91. The van der Waals surface area contributed by atoms with Crippen LogP contribution in [0, 0.1) is 0 Å². The molecule has 0 radical (unpaired) electrons. The fourth-order valence-corrected chi connectivity index (χ4v) is 9.37. The van der Waals surface area contributed by atoms with Crippen LogP contribution in [-0.2, 0) is 0 Å². The van der Waals surface area contributed by atoms with E-state index in [0.29, 0.717) is 0 Å². The average Bonchev–Trinajstić information content (AvgIpc) is 3.75. The third-order valence-electron chi connectivity index (χ3n) is 12.7. The number of hydrogen-bond acceptors (Lipinski definition) is 2. The summed E-state index contributed by atoms with van der Waals surface area (Å²) < 4.78 is 6.51. The average molecular weight is 816 g/mol. The highest BCUT2D eigenvalue weighted by molar-refractivity contribution is 6.10. The summed E-state index contributed by atoms with van der Waals surface area (Å²) in [4.78, 5) is 2.36. The van der Waals surface area contributed by atoms with Crippen LogP contribution in [-0.4, -0.2) is 0 Å². The Bertz CT molecular complexity index is 3630. The van der Waals surface area contributed by atoms with Gasteiger partial charge in [0, 0.05) is 33.4 Å². The van der Waals surface area contributed by atoms with E-state index >= 15 is 0 Å². The maximum Gasteiger partial charge on any atom is 0.143 e. The van der Waals surface area contributed by atoms with Crippen LogP contribution in [0.15, 0.2) is 253 Å². The van der Waals surface area contributed by atoms with Crippen molar-refractivity contribution in [3.8, 4) is 55.6 Å². The summed E-state index contributed by atoms with van der Waals surface area (Å²) in [5, 5.41) is 7.19. The molecule has 0 unspecified atom stereocenters. The fourth-order valence-electron chi connectivity index (χ4n) is 9.37. The van der Waals surface area contributed by atoms with Crippen molar-refractivity contribution in [1.29, 1.82) is 0 Å². The van der Waals surface area contributed by atoms with Gasteiger partial charge in [-0.15, -0.1) is 0 Å². The second-order valence-corrected chi connectivity index (χ2v) is 16.5. The fraction of sp³-hybridized carbons (Fsp3) is 0. The first kappa shape index (κ1) is 37.3. The molecule has 0 fully saturated rings. The Morgan fingerprint density at radius 1 is 0.250 bits per heavy atom. The molecule has 0 amide bonds. The highest BCUT2D eigenvalue weighted by Gasteiger charge is 2.17. The number of furan rings is 1. The lowest BCUT2D eigenvalue weighted by molar-refractivity contribution is 0.670. The molecule has 12 aromatic rings.